The Kier molecular flexibility index (Phi) is 3.32. The maximum Gasteiger partial charge on any atom is 0.243 e. The molecule has 0 aromatic rings. The maximum absolute atomic E-state index is 10.2. The zero-order chi connectivity index (χ0) is 8.20. The third-order valence-electron chi connectivity index (χ3n) is 1.05. The summed E-state index contributed by atoms with van der Waals surface area (Å²) in [6.07, 6.45) is 0. The SMILES string of the molecule is COC(C)(C)OCC(N)=O. The summed E-state index contributed by atoms with van der Waals surface area (Å²) in [7, 11) is 1.50. The molecular weight excluding hydrogens is 134 g/mol. The molecule has 0 aromatic carbocycles. The summed E-state index contributed by atoms with van der Waals surface area (Å²) >= 11 is 0. The monoisotopic (exact) mass is 147 g/mol. The van der Waals surface area contributed by atoms with Gasteiger partial charge in [0.2, 0.25) is 5.91 Å². The van der Waals surface area contributed by atoms with Gasteiger partial charge < -0.3 is 15.2 Å². The van der Waals surface area contributed by atoms with Crippen molar-refractivity contribution in [2.75, 3.05) is 13.7 Å². The van der Waals surface area contributed by atoms with E-state index in [9.17, 15) is 4.79 Å². The number of rotatable bonds is 4. The highest BCUT2D eigenvalue weighted by Crippen LogP contribution is 2.07. The van der Waals surface area contributed by atoms with Crippen molar-refractivity contribution >= 4 is 5.91 Å². The fourth-order valence-corrected chi connectivity index (χ4v) is 0.304. The summed E-state index contributed by atoms with van der Waals surface area (Å²) in [6.45, 7) is 3.30. The average Bonchev–Trinajstić information content (AvgIpc) is 1.85. The van der Waals surface area contributed by atoms with Gasteiger partial charge in [0, 0.05) is 7.11 Å². The van der Waals surface area contributed by atoms with Crippen molar-refractivity contribution in [2.24, 2.45) is 5.73 Å². The standard InChI is InChI=1S/C6H13NO3/c1-6(2,9-3)10-4-5(7)8/h4H2,1-3H3,(H2,7,8). The summed E-state index contributed by atoms with van der Waals surface area (Å²) in [5, 5.41) is 0. The van der Waals surface area contributed by atoms with Crippen LogP contribution in [0, 0.1) is 0 Å². The van der Waals surface area contributed by atoms with Gasteiger partial charge in [0.25, 0.3) is 0 Å². The van der Waals surface area contributed by atoms with Crippen LogP contribution >= 0.6 is 0 Å². The van der Waals surface area contributed by atoms with Gasteiger partial charge in [-0.3, -0.25) is 4.79 Å². The van der Waals surface area contributed by atoms with E-state index in [1.54, 1.807) is 13.8 Å². The molecule has 0 heterocycles. The molecule has 0 saturated heterocycles. The minimum atomic E-state index is -0.727. The van der Waals surface area contributed by atoms with Crippen LogP contribution in [0.25, 0.3) is 0 Å². The number of hydrogen-bond acceptors (Lipinski definition) is 3. The van der Waals surface area contributed by atoms with Crippen molar-refractivity contribution in [3.8, 4) is 0 Å². The Bertz CT molecular complexity index is 122. The van der Waals surface area contributed by atoms with Crippen molar-refractivity contribution in [1.29, 1.82) is 0 Å². The van der Waals surface area contributed by atoms with Crippen LogP contribution < -0.4 is 5.73 Å². The normalized spacial score (nSPS) is 11.5. The molecule has 0 saturated carbocycles. The van der Waals surface area contributed by atoms with E-state index in [1.165, 1.54) is 7.11 Å². The second kappa shape index (κ2) is 3.53. The predicted octanol–water partition coefficient (Wildman–Crippen LogP) is -0.129. The fraction of sp³-hybridized carbons (Fsp3) is 0.833. The van der Waals surface area contributed by atoms with Crippen LogP contribution in [0.4, 0.5) is 0 Å². The quantitative estimate of drug-likeness (QED) is 0.563. The Labute approximate surface area is 60.3 Å². The molecule has 2 N–H and O–H groups in total. The zero-order valence-electron chi connectivity index (χ0n) is 6.51. The number of ether oxygens (including phenoxy) is 2. The number of methoxy groups -OCH3 is 1. The Morgan fingerprint density at radius 3 is 2.40 bits per heavy atom. The first-order valence-electron chi connectivity index (χ1n) is 2.95. The molecule has 0 spiro atoms. The third kappa shape index (κ3) is 4.29. The molecule has 10 heavy (non-hydrogen) atoms. The van der Waals surface area contributed by atoms with Gasteiger partial charge in [0.05, 0.1) is 0 Å². The van der Waals surface area contributed by atoms with Gasteiger partial charge in [0.1, 0.15) is 6.61 Å². The maximum atomic E-state index is 10.2. The summed E-state index contributed by atoms with van der Waals surface area (Å²) in [6, 6.07) is 0. The van der Waals surface area contributed by atoms with Crippen molar-refractivity contribution in [1.82, 2.24) is 0 Å². The van der Waals surface area contributed by atoms with E-state index >= 15 is 0 Å². The lowest BCUT2D eigenvalue weighted by molar-refractivity contribution is -0.197. The lowest BCUT2D eigenvalue weighted by Crippen LogP contribution is -2.31. The van der Waals surface area contributed by atoms with Gasteiger partial charge in [-0.25, -0.2) is 0 Å². The van der Waals surface area contributed by atoms with E-state index in [1.807, 2.05) is 0 Å². The Morgan fingerprint density at radius 2 is 2.10 bits per heavy atom. The minimum Gasteiger partial charge on any atom is -0.368 e. The number of amides is 1. The molecule has 0 radical (unpaired) electrons. The summed E-state index contributed by atoms with van der Waals surface area (Å²) in [5.74, 6) is -1.22. The van der Waals surface area contributed by atoms with Crippen molar-refractivity contribution < 1.29 is 14.3 Å². The van der Waals surface area contributed by atoms with Gasteiger partial charge in [-0.15, -0.1) is 0 Å². The first kappa shape index (κ1) is 9.39. The molecule has 4 nitrogen and oxygen atoms in total. The summed E-state index contributed by atoms with van der Waals surface area (Å²) in [5.41, 5.74) is 4.83. The van der Waals surface area contributed by atoms with Gasteiger partial charge in [0.15, 0.2) is 5.79 Å². The number of hydrogen-bond donors (Lipinski definition) is 1. The molecule has 1 amide bonds. The van der Waals surface area contributed by atoms with E-state index in [0.29, 0.717) is 0 Å². The van der Waals surface area contributed by atoms with Crippen LogP contribution in [0.15, 0.2) is 0 Å². The topological polar surface area (TPSA) is 61.6 Å². The smallest absolute Gasteiger partial charge is 0.243 e. The Hall–Kier alpha value is -0.610. The molecule has 0 bridgehead atoms. The second-order valence-corrected chi connectivity index (χ2v) is 2.36. The number of nitrogens with two attached hydrogens (primary N) is 1. The van der Waals surface area contributed by atoms with E-state index < -0.39 is 11.7 Å². The average molecular weight is 147 g/mol. The lowest BCUT2D eigenvalue weighted by atomic mass is 10.4. The third-order valence-corrected chi connectivity index (χ3v) is 1.05. The van der Waals surface area contributed by atoms with Crippen LogP contribution in [0.2, 0.25) is 0 Å². The molecule has 0 aromatic heterocycles. The van der Waals surface area contributed by atoms with Crippen LogP contribution in [0.1, 0.15) is 13.8 Å². The first-order chi connectivity index (χ1) is 4.48. The minimum absolute atomic E-state index is 0.110. The number of primary amides is 1. The summed E-state index contributed by atoms with van der Waals surface area (Å²) in [4.78, 5) is 10.2. The molecule has 0 aliphatic carbocycles. The van der Waals surface area contributed by atoms with Crippen LogP contribution in [0.3, 0.4) is 0 Å². The molecule has 0 unspecified atom stereocenters. The van der Waals surface area contributed by atoms with Crippen molar-refractivity contribution in [2.45, 2.75) is 19.6 Å². The van der Waals surface area contributed by atoms with E-state index in [-0.39, 0.29) is 6.61 Å². The Morgan fingerprint density at radius 1 is 1.60 bits per heavy atom. The van der Waals surface area contributed by atoms with Crippen LogP contribution in [-0.2, 0) is 14.3 Å². The highest BCUT2D eigenvalue weighted by Gasteiger charge is 2.16. The molecule has 0 aliphatic rings. The van der Waals surface area contributed by atoms with Gasteiger partial charge in [-0.05, 0) is 13.8 Å². The first-order valence-corrected chi connectivity index (χ1v) is 2.95. The zero-order valence-corrected chi connectivity index (χ0v) is 6.51. The summed E-state index contributed by atoms with van der Waals surface area (Å²) < 4.78 is 9.80. The number of carbonyl (C=O) groups excluding carboxylic acids is 1. The second-order valence-electron chi connectivity index (χ2n) is 2.36. The van der Waals surface area contributed by atoms with Crippen LogP contribution in [-0.4, -0.2) is 25.4 Å². The van der Waals surface area contributed by atoms with Crippen molar-refractivity contribution in [3.05, 3.63) is 0 Å². The van der Waals surface area contributed by atoms with Gasteiger partial charge >= 0.3 is 0 Å². The van der Waals surface area contributed by atoms with Crippen molar-refractivity contribution in [3.63, 3.8) is 0 Å². The molecule has 0 aliphatic heterocycles. The Balaban J connectivity index is 3.56. The highest BCUT2D eigenvalue weighted by molar-refractivity contribution is 5.75. The molecular formula is C6H13NO3. The predicted molar refractivity (Wildman–Crippen MR) is 36.2 cm³/mol. The highest BCUT2D eigenvalue weighted by atomic mass is 16.7. The fourth-order valence-electron chi connectivity index (χ4n) is 0.304. The molecule has 0 rings (SSSR count). The largest absolute Gasteiger partial charge is 0.368 e. The lowest BCUT2D eigenvalue weighted by Gasteiger charge is -2.22. The van der Waals surface area contributed by atoms with Gasteiger partial charge in [-0.1, -0.05) is 0 Å². The molecule has 0 fully saturated rings. The van der Waals surface area contributed by atoms with Crippen LogP contribution in [0.5, 0.6) is 0 Å². The molecule has 4 heteroatoms. The van der Waals surface area contributed by atoms with E-state index in [4.69, 9.17) is 15.2 Å². The van der Waals surface area contributed by atoms with E-state index in [0.717, 1.165) is 0 Å². The number of carbonyl (C=O) groups is 1. The molecule has 60 valence electrons. The molecule has 0 atom stereocenters. The van der Waals surface area contributed by atoms with Gasteiger partial charge in [-0.2, -0.15) is 0 Å². The van der Waals surface area contributed by atoms with E-state index in [2.05, 4.69) is 0 Å².